The number of hydrogen-bond donors (Lipinski definition) is 0. The Morgan fingerprint density at radius 1 is 0.426 bits per heavy atom. The molecule has 0 saturated heterocycles. The first kappa shape index (κ1) is 27.2. The summed E-state index contributed by atoms with van der Waals surface area (Å²) in [6.45, 7) is 2.20. The molecule has 9 aromatic rings. The predicted molar refractivity (Wildman–Crippen MR) is 199 cm³/mol. The minimum Gasteiger partial charge on any atom is -0.455 e. The average Bonchev–Trinajstić information content (AvgIpc) is 3.53. The van der Waals surface area contributed by atoms with Crippen molar-refractivity contribution in [2.24, 2.45) is 0 Å². The Kier molecular flexibility index (Phi) is 6.39. The first-order valence-corrected chi connectivity index (χ1v) is 16.1. The molecule has 0 amide bonds. The van der Waals surface area contributed by atoms with Crippen LogP contribution in [0.4, 0.5) is 17.1 Å². The van der Waals surface area contributed by atoms with Crippen LogP contribution >= 0.6 is 0 Å². The lowest BCUT2D eigenvalue weighted by Gasteiger charge is -2.28. The van der Waals surface area contributed by atoms with E-state index in [4.69, 9.17) is 4.42 Å². The van der Waals surface area contributed by atoms with Crippen molar-refractivity contribution >= 4 is 60.5 Å². The van der Waals surface area contributed by atoms with E-state index < -0.39 is 0 Å². The number of anilines is 3. The zero-order valence-corrected chi connectivity index (χ0v) is 26.0. The Balaban J connectivity index is 1.23. The van der Waals surface area contributed by atoms with Crippen LogP contribution in [0.5, 0.6) is 0 Å². The predicted octanol–water partition coefficient (Wildman–Crippen LogP) is 13.0. The Morgan fingerprint density at radius 3 is 1.85 bits per heavy atom. The summed E-state index contributed by atoms with van der Waals surface area (Å²) in [5.74, 6) is 0. The minimum atomic E-state index is 0.912. The van der Waals surface area contributed by atoms with Gasteiger partial charge in [0.25, 0.3) is 0 Å². The van der Waals surface area contributed by atoms with Gasteiger partial charge >= 0.3 is 0 Å². The largest absolute Gasteiger partial charge is 0.455 e. The fraction of sp³-hybridized carbons (Fsp3) is 0.0222. The Hall–Kier alpha value is -6.12. The van der Waals surface area contributed by atoms with Gasteiger partial charge < -0.3 is 9.32 Å². The van der Waals surface area contributed by atoms with Gasteiger partial charge in [0.05, 0.1) is 5.69 Å². The molecule has 8 aromatic carbocycles. The normalized spacial score (nSPS) is 11.5. The lowest BCUT2D eigenvalue weighted by atomic mass is 9.96. The van der Waals surface area contributed by atoms with E-state index in [0.717, 1.165) is 50.1 Å². The van der Waals surface area contributed by atoms with Gasteiger partial charge in [-0.2, -0.15) is 0 Å². The number of rotatable bonds is 5. The monoisotopic (exact) mass is 601 g/mol. The standard InChI is InChI=1S/C45H31NO/c1-30-18-29-42(44-37(30)28-23-33-12-5-6-13-38(33)44)46(35-24-19-32(20-25-35)31-10-3-2-4-11-31)36-26-21-34(22-27-36)39-15-9-16-41-40-14-7-8-17-43(40)47-45(39)41/h2-29H,1H3. The molecule has 2 nitrogen and oxygen atoms in total. The summed E-state index contributed by atoms with van der Waals surface area (Å²) in [5.41, 5.74) is 11.1. The lowest BCUT2D eigenvalue weighted by molar-refractivity contribution is 0.670. The highest BCUT2D eigenvalue weighted by atomic mass is 16.3. The number of hydrogen-bond acceptors (Lipinski definition) is 2. The van der Waals surface area contributed by atoms with E-state index >= 15 is 0 Å². The topological polar surface area (TPSA) is 16.4 Å². The molecule has 9 rings (SSSR count). The van der Waals surface area contributed by atoms with Crippen LogP contribution in [0.2, 0.25) is 0 Å². The van der Waals surface area contributed by atoms with E-state index in [1.807, 2.05) is 12.1 Å². The smallest absolute Gasteiger partial charge is 0.143 e. The van der Waals surface area contributed by atoms with Crippen LogP contribution in [-0.2, 0) is 0 Å². The summed E-state index contributed by atoms with van der Waals surface area (Å²) in [6.07, 6.45) is 0. The molecule has 0 unspecified atom stereocenters. The minimum absolute atomic E-state index is 0.912. The van der Waals surface area contributed by atoms with E-state index in [1.54, 1.807) is 0 Å². The van der Waals surface area contributed by atoms with Gasteiger partial charge in [-0.05, 0) is 81.7 Å². The van der Waals surface area contributed by atoms with Crippen molar-refractivity contribution in [1.82, 2.24) is 0 Å². The van der Waals surface area contributed by atoms with Gasteiger partial charge in [-0.15, -0.1) is 0 Å². The van der Waals surface area contributed by atoms with Gasteiger partial charge in [-0.25, -0.2) is 0 Å². The van der Waals surface area contributed by atoms with Gasteiger partial charge in [-0.3, -0.25) is 0 Å². The zero-order valence-electron chi connectivity index (χ0n) is 26.0. The summed E-state index contributed by atoms with van der Waals surface area (Å²) in [5, 5.41) is 7.29. The van der Waals surface area contributed by atoms with Crippen molar-refractivity contribution in [2.75, 3.05) is 4.90 Å². The molecule has 222 valence electrons. The molecule has 0 bridgehead atoms. The number of para-hydroxylation sites is 2. The second-order valence-corrected chi connectivity index (χ2v) is 12.2. The molecule has 1 aromatic heterocycles. The molecule has 0 fully saturated rings. The van der Waals surface area contributed by atoms with Gasteiger partial charge in [0.2, 0.25) is 0 Å². The fourth-order valence-electron chi connectivity index (χ4n) is 7.06. The Morgan fingerprint density at radius 2 is 1.06 bits per heavy atom. The van der Waals surface area contributed by atoms with Crippen LogP contribution in [0.15, 0.2) is 174 Å². The highest BCUT2D eigenvalue weighted by Gasteiger charge is 2.19. The maximum Gasteiger partial charge on any atom is 0.143 e. The van der Waals surface area contributed by atoms with Crippen LogP contribution < -0.4 is 4.90 Å². The van der Waals surface area contributed by atoms with E-state index in [0.29, 0.717) is 0 Å². The molecule has 47 heavy (non-hydrogen) atoms. The second kappa shape index (κ2) is 11.0. The average molecular weight is 602 g/mol. The van der Waals surface area contributed by atoms with Crippen LogP contribution in [-0.4, -0.2) is 0 Å². The highest BCUT2D eigenvalue weighted by molar-refractivity contribution is 6.16. The second-order valence-electron chi connectivity index (χ2n) is 12.2. The van der Waals surface area contributed by atoms with E-state index in [1.165, 1.54) is 38.2 Å². The van der Waals surface area contributed by atoms with Crippen molar-refractivity contribution in [3.8, 4) is 22.3 Å². The zero-order chi connectivity index (χ0) is 31.3. The lowest BCUT2D eigenvalue weighted by Crippen LogP contribution is -2.11. The Labute approximate surface area is 273 Å². The maximum absolute atomic E-state index is 6.39. The van der Waals surface area contributed by atoms with Gasteiger partial charge in [0.15, 0.2) is 0 Å². The highest BCUT2D eigenvalue weighted by Crippen LogP contribution is 2.44. The molecule has 0 saturated carbocycles. The third-order valence-electron chi connectivity index (χ3n) is 9.42. The third-order valence-corrected chi connectivity index (χ3v) is 9.42. The summed E-state index contributed by atoms with van der Waals surface area (Å²) in [4.78, 5) is 2.40. The van der Waals surface area contributed by atoms with Crippen molar-refractivity contribution < 1.29 is 4.42 Å². The first-order chi connectivity index (χ1) is 23.2. The Bertz CT molecular complexity index is 2560. The van der Waals surface area contributed by atoms with Crippen LogP contribution in [0.1, 0.15) is 5.56 Å². The molecular formula is C45H31NO. The molecular weight excluding hydrogens is 571 g/mol. The first-order valence-electron chi connectivity index (χ1n) is 16.1. The molecule has 0 N–H and O–H groups in total. The van der Waals surface area contributed by atoms with Crippen molar-refractivity contribution in [3.63, 3.8) is 0 Å². The SMILES string of the molecule is Cc1ccc(N(c2ccc(-c3ccccc3)cc2)c2ccc(-c3cccc4c3oc3ccccc34)cc2)c2c1ccc1ccccc12. The van der Waals surface area contributed by atoms with Crippen LogP contribution in [0.25, 0.3) is 65.7 Å². The van der Waals surface area contributed by atoms with E-state index in [2.05, 4.69) is 170 Å². The molecule has 0 aliphatic carbocycles. The van der Waals surface area contributed by atoms with Crippen molar-refractivity contribution in [2.45, 2.75) is 6.92 Å². The summed E-state index contributed by atoms with van der Waals surface area (Å²) >= 11 is 0. The summed E-state index contributed by atoms with van der Waals surface area (Å²) in [7, 11) is 0. The number of benzene rings is 8. The number of fused-ring (bicyclic) bond motifs is 6. The maximum atomic E-state index is 6.39. The number of aryl methyl sites for hydroxylation is 1. The molecule has 0 atom stereocenters. The van der Waals surface area contributed by atoms with Crippen molar-refractivity contribution in [1.29, 1.82) is 0 Å². The van der Waals surface area contributed by atoms with Gasteiger partial charge in [0, 0.05) is 33.1 Å². The van der Waals surface area contributed by atoms with Crippen LogP contribution in [0.3, 0.4) is 0 Å². The van der Waals surface area contributed by atoms with Crippen LogP contribution in [0, 0.1) is 6.92 Å². The number of nitrogens with zero attached hydrogens (tertiary/aromatic N) is 1. The van der Waals surface area contributed by atoms with E-state index in [-0.39, 0.29) is 0 Å². The number of furan rings is 1. The third kappa shape index (κ3) is 4.57. The molecule has 1 heterocycles. The quantitative estimate of drug-likeness (QED) is 0.182. The molecule has 0 spiro atoms. The molecule has 0 aliphatic rings. The van der Waals surface area contributed by atoms with Gasteiger partial charge in [-0.1, -0.05) is 133 Å². The van der Waals surface area contributed by atoms with Gasteiger partial charge in [0.1, 0.15) is 11.2 Å². The molecule has 2 heteroatoms. The molecule has 0 aliphatic heterocycles. The summed E-state index contributed by atoms with van der Waals surface area (Å²) < 4.78 is 6.39. The molecule has 0 radical (unpaired) electrons. The van der Waals surface area contributed by atoms with E-state index in [9.17, 15) is 0 Å². The summed E-state index contributed by atoms with van der Waals surface area (Å²) in [6, 6.07) is 60.8. The fourth-order valence-corrected chi connectivity index (χ4v) is 7.06. The van der Waals surface area contributed by atoms with Crippen molar-refractivity contribution in [3.05, 3.63) is 175 Å².